The summed E-state index contributed by atoms with van der Waals surface area (Å²) in [7, 11) is 0. The molecule has 3 rings (SSSR count). The van der Waals surface area contributed by atoms with Crippen molar-refractivity contribution in [3.8, 4) is 5.82 Å². The zero-order valence-corrected chi connectivity index (χ0v) is 11.8. The van der Waals surface area contributed by atoms with Crippen LogP contribution in [-0.2, 0) is 11.2 Å². The molecule has 3 aromatic heterocycles. The van der Waals surface area contributed by atoms with Crippen LogP contribution in [-0.4, -0.2) is 30.8 Å². The van der Waals surface area contributed by atoms with Gasteiger partial charge in [0, 0.05) is 11.3 Å². The summed E-state index contributed by atoms with van der Waals surface area (Å²) in [5.41, 5.74) is 3.12. The van der Waals surface area contributed by atoms with E-state index in [1.54, 1.807) is 16.0 Å². The van der Waals surface area contributed by atoms with Crippen molar-refractivity contribution in [3.63, 3.8) is 0 Å². The van der Waals surface area contributed by atoms with Gasteiger partial charge in [0.1, 0.15) is 6.33 Å². The monoisotopic (exact) mass is 288 g/mol. The summed E-state index contributed by atoms with van der Waals surface area (Å²) >= 11 is 1.54. The van der Waals surface area contributed by atoms with Crippen molar-refractivity contribution in [2.45, 2.75) is 20.3 Å². The molecule has 0 aliphatic carbocycles. The zero-order valence-electron chi connectivity index (χ0n) is 11.0. The molecule has 0 spiro atoms. The molecule has 0 saturated heterocycles. The fraction of sp³-hybridized carbons (Fsp3) is 0.231. The lowest BCUT2D eigenvalue weighted by molar-refractivity contribution is -0.136. The van der Waals surface area contributed by atoms with E-state index in [2.05, 4.69) is 15.1 Å². The van der Waals surface area contributed by atoms with Crippen molar-refractivity contribution >= 4 is 27.5 Å². The lowest BCUT2D eigenvalue weighted by Crippen LogP contribution is -2.05. The Kier molecular flexibility index (Phi) is 2.98. The van der Waals surface area contributed by atoms with Crippen molar-refractivity contribution in [3.05, 3.63) is 34.7 Å². The van der Waals surface area contributed by atoms with Gasteiger partial charge in [0.05, 0.1) is 22.3 Å². The summed E-state index contributed by atoms with van der Waals surface area (Å²) < 4.78 is 2.65. The van der Waals surface area contributed by atoms with Gasteiger partial charge >= 0.3 is 5.97 Å². The van der Waals surface area contributed by atoms with E-state index in [0.717, 1.165) is 21.5 Å². The Hall–Kier alpha value is -2.28. The van der Waals surface area contributed by atoms with E-state index in [0.29, 0.717) is 11.5 Å². The molecule has 0 fully saturated rings. The maximum atomic E-state index is 10.9. The van der Waals surface area contributed by atoms with E-state index in [4.69, 9.17) is 5.11 Å². The number of hydrogen-bond donors (Lipinski definition) is 1. The number of aromatic nitrogens is 4. The van der Waals surface area contributed by atoms with Gasteiger partial charge in [0.15, 0.2) is 5.82 Å². The molecule has 0 aromatic carbocycles. The first-order valence-corrected chi connectivity index (χ1v) is 6.91. The Morgan fingerprint density at radius 2 is 2.20 bits per heavy atom. The van der Waals surface area contributed by atoms with Crippen LogP contribution in [0.4, 0.5) is 0 Å². The third-order valence-corrected chi connectivity index (χ3v) is 4.09. The normalized spacial score (nSPS) is 11.1. The average molecular weight is 288 g/mol. The summed E-state index contributed by atoms with van der Waals surface area (Å²) in [4.78, 5) is 19.4. The third-order valence-electron chi connectivity index (χ3n) is 3.19. The van der Waals surface area contributed by atoms with Crippen LogP contribution in [0.1, 0.15) is 17.0 Å². The molecule has 20 heavy (non-hydrogen) atoms. The van der Waals surface area contributed by atoms with Gasteiger partial charge in [-0.3, -0.25) is 4.79 Å². The van der Waals surface area contributed by atoms with Crippen LogP contribution in [0.25, 0.3) is 16.0 Å². The standard InChI is InChI=1S/C13H12N4O2S/c1-7-9(5-11(18)19)8(2)17(16-7)13-12-10(3-4-20-12)14-6-15-13/h3-4,6H,5H2,1-2H3,(H,18,19). The first-order chi connectivity index (χ1) is 9.58. The van der Waals surface area contributed by atoms with Crippen molar-refractivity contribution < 1.29 is 9.90 Å². The second-order valence-electron chi connectivity index (χ2n) is 4.46. The van der Waals surface area contributed by atoms with Crippen LogP contribution >= 0.6 is 11.3 Å². The summed E-state index contributed by atoms with van der Waals surface area (Å²) in [5.74, 6) is -0.165. The van der Waals surface area contributed by atoms with E-state index in [1.165, 1.54) is 6.33 Å². The Labute approximate surface area is 118 Å². The summed E-state index contributed by atoms with van der Waals surface area (Å²) in [6.45, 7) is 3.68. The topological polar surface area (TPSA) is 80.9 Å². The molecule has 0 bridgehead atoms. The quantitative estimate of drug-likeness (QED) is 0.798. The number of carboxylic acid groups (broad SMARTS) is 1. The number of fused-ring (bicyclic) bond motifs is 1. The van der Waals surface area contributed by atoms with Crippen LogP contribution < -0.4 is 0 Å². The minimum atomic E-state index is -0.861. The fourth-order valence-corrected chi connectivity index (χ4v) is 3.03. The molecule has 6 nitrogen and oxygen atoms in total. The lowest BCUT2D eigenvalue weighted by atomic mass is 10.1. The van der Waals surface area contributed by atoms with Crippen LogP contribution in [0.15, 0.2) is 17.8 Å². The highest BCUT2D eigenvalue weighted by atomic mass is 32.1. The van der Waals surface area contributed by atoms with Gasteiger partial charge in [0.2, 0.25) is 0 Å². The smallest absolute Gasteiger partial charge is 0.307 e. The minimum Gasteiger partial charge on any atom is -0.481 e. The number of thiophene rings is 1. The molecule has 0 saturated carbocycles. The Bertz CT molecular complexity index is 806. The molecule has 0 aliphatic heterocycles. The number of rotatable bonds is 3. The van der Waals surface area contributed by atoms with E-state index in [1.807, 2.05) is 25.3 Å². The van der Waals surface area contributed by atoms with Crippen molar-refractivity contribution in [2.75, 3.05) is 0 Å². The van der Waals surface area contributed by atoms with Crippen molar-refractivity contribution in [1.82, 2.24) is 19.7 Å². The highest BCUT2D eigenvalue weighted by Gasteiger charge is 2.18. The van der Waals surface area contributed by atoms with Crippen LogP contribution in [0.3, 0.4) is 0 Å². The van der Waals surface area contributed by atoms with Gasteiger partial charge in [-0.15, -0.1) is 11.3 Å². The van der Waals surface area contributed by atoms with E-state index in [-0.39, 0.29) is 6.42 Å². The molecule has 102 valence electrons. The van der Waals surface area contributed by atoms with Crippen molar-refractivity contribution in [1.29, 1.82) is 0 Å². The SMILES string of the molecule is Cc1nn(-c2ncnc3ccsc23)c(C)c1CC(=O)O. The summed E-state index contributed by atoms with van der Waals surface area (Å²) in [6, 6.07) is 1.93. The molecule has 3 heterocycles. The second-order valence-corrected chi connectivity index (χ2v) is 5.38. The molecule has 0 amide bonds. The number of aryl methyl sites for hydroxylation is 1. The molecule has 3 aromatic rings. The molecule has 0 unspecified atom stereocenters. The maximum Gasteiger partial charge on any atom is 0.307 e. The Morgan fingerprint density at radius 1 is 1.40 bits per heavy atom. The van der Waals surface area contributed by atoms with E-state index >= 15 is 0 Å². The molecule has 0 aliphatic rings. The Morgan fingerprint density at radius 3 is 2.95 bits per heavy atom. The highest BCUT2D eigenvalue weighted by Crippen LogP contribution is 2.26. The highest BCUT2D eigenvalue weighted by molar-refractivity contribution is 7.17. The molecule has 7 heteroatoms. The van der Waals surface area contributed by atoms with Crippen LogP contribution in [0, 0.1) is 13.8 Å². The van der Waals surface area contributed by atoms with Gasteiger partial charge in [-0.2, -0.15) is 5.10 Å². The number of nitrogens with zero attached hydrogens (tertiary/aromatic N) is 4. The predicted octanol–water partition coefficient (Wildman–Crippen LogP) is 2.12. The van der Waals surface area contributed by atoms with Gasteiger partial charge < -0.3 is 5.11 Å². The van der Waals surface area contributed by atoms with Crippen LogP contribution in [0.2, 0.25) is 0 Å². The number of carboxylic acids is 1. The largest absolute Gasteiger partial charge is 0.481 e. The lowest BCUT2D eigenvalue weighted by Gasteiger charge is -2.04. The molecule has 1 N–H and O–H groups in total. The predicted molar refractivity (Wildman–Crippen MR) is 75.4 cm³/mol. The number of carbonyl (C=O) groups is 1. The van der Waals surface area contributed by atoms with Crippen LogP contribution in [0.5, 0.6) is 0 Å². The zero-order chi connectivity index (χ0) is 14.3. The molecular formula is C13H12N4O2S. The van der Waals surface area contributed by atoms with Gasteiger partial charge in [-0.1, -0.05) is 0 Å². The second kappa shape index (κ2) is 4.68. The average Bonchev–Trinajstić information content (AvgIpc) is 2.98. The van der Waals surface area contributed by atoms with Gasteiger partial charge in [-0.05, 0) is 25.3 Å². The Balaban J connectivity index is 2.20. The first-order valence-electron chi connectivity index (χ1n) is 6.03. The maximum absolute atomic E-state index is 10.9. The third kappa shape index (κ3) is 1.96. The van der Waals surface area contributed by atoms with E-state index in [9.17, 15) is 4.79 Å². The minimum absolute atomic E-state index is 0.0314. The summed E-state index contributed by atoms with van der Waals surface area (Å²) in [5, 5.41) is 15.4. The first kappa shape index (κ1) is 12.7. The fourth-order valence-electron chi connectivity index (χ4n) is 2.22. The van der Waals surface area contributed by atoms with E-state index < -0.39 is 5.97 Å². The molecular weight excluding hydrogens is 276 g/mol. The summed E-state index contributed by atoms with van der Waals surface area (Å²) in [6.07, 6.45) is 1.47. The molecule has 0 radical (unpaired) electrons. The number of aliphatic carboxylic acids is 1. The number of hydrogen-bond acceptors (Lipinski definition) is 5. The molecule has 0 atom stereocenters. The van der Waals surface area contributed by atoms with Gasteiger partial charge in [-0.25, -0.2) is 14.6 Å². The van der Waals surface area contributed by atoms with Gasteiger partial charge in [0.25, 0.3) is 0 Å². The van der Waals surface area contributed by atoms with Crippen molar-refractivity contribution in [2.24, 2.45) is 0 Å².